The summed E-state index contributed by atoms with van der Waals surface area (Å²) in [6.07, 6.45) is 1.58. The van der Waals surface area contributed by atoms with Crippen LogP contribution in [0.2, 0.25) is 0 Å². The maximum absolute atomic E-state index is 13.0. The molecule has 1 heterocycles. The summed E-state index contributed by atoms with van der Waals surface area (Å²) in [6.45, 7) is 3.24. The highest BCUT2D eigenvalue weighted by Crippen LogP contribution is 2.17. The molecule has 5 heteroatoms. The van der Waals surface area contributed by atoms with E-state index in [1.54, 1.807) is 32.2 Å². The van der Waals surface area contributed by atoms with Gasteiger partial charge in [-0.3, -0.25) is 0 Å². The van der Waals surface area contributed by atoms with Crippen molar-refractivity contribution in [3.05, 3.63) is 42.0 Å². The smallest absolute Gasteiger partial charge is 0.125 e. The van der Waals surface area contributed by atoms with Crippen molar-refractivity contribution >= 4 is 0 Å². The number of hydrogen-bond acceptors (Lipinski definition) is 3. The topological polar surface area (TPSA) is 50.9 Å². The Bertz CT molecular complexity index is 502. The van der Waals surface area contributed by atoms with Gasteiger partial charge >= 0.3 is 0 Å². The molecule has 16 heavy (non-hydrogen) atoms. The van der Waals surface area contributed by atoms with Gasteiger partial charge in [-0.15, -0.1) is 5.10 Å². The fourth-order valence-corrected chi connectivity index (χ4v) is 1.29. The molecule has 2 rings (SSSR count). The first kappa shape index (κ1) is 10.8. The summed E-state index contributed by atoms with van der Waals surface area (Å²) < 4.78 is 14.4. The molecule has 4 nitrogen and oxygen atoms in total. The number of nitrogens with zero attached hydrogens (tertiary/aromatic N) is 3. The first-order valence-corrected chi connectivity index (χ1v) is 4.88. The molecule has 0 aliphatic carbocycles. The summed E-state index contributed by atoms with van der Waals surface area (Å²) in [4.78, 5) is 0. The lowest BCUT2D eigenvalue weighted by atomic mass is 10.1. The summed E-state index contributed by atoms with van der Waals surface area (Å²) in [5.74, 6) is -0.335. The van der Waals surface area contributed by atoms with E-state index in [1.807, 2.05) is 0 Å². The lowest BCUT2D eigenvalue weighted by Gasteiger charge is -2.11. The van der Waals surface area contributed by atoms with Crippen LogP contribution < -0.4 is 0 Å². The monoisotopic (exact) mass is 221 g/mol. The minimum Gasteiger partial charge on any atom is -0.384 e. The number of hydrogen-bond donors (Lipinski definition) is 1. The van der Waals surface area contributed by atoms with E-state index in [2.05, 4.69) is 10.3 Å². The number of aliphatic hydroxyl groups is 1. The molecule has 0 amide bonds. The standard InChI is InChI=1S/C11H12FN3O/c1-11(2,16)10-7-15(14-13-10)9-5-3-4-8(12)6-9/h3-7,16H,1-2H3. The average Bonchev–Trinajstić information content (AvgIpc) is 2.65. The quantitative estimate of drug-likeness (QED) is 0.838. The van der Waals surface area contributed by atoms with Crippen LogP contribution in [0.1, 0.15) is 19.5 Å². The van der Waals surface area contributed by atoms with Crippen LogP contribution in [0.15, 0.2) is 30.5 Å². The van der Waals surface area contributed by atoms with Crippen molar-refractivity contribution in [1.82, 2.24) is 15.0 Å². The van der Waals surface area contributed by atoms with E-state index in [-0.39, 0.29) is 5.82 Å². The summed E-state index contributed by atoms with van der Waals surface area (Å²) in [5.41, 5.74) is -0.0364. The second-order valence-electron chi connectivity index (χ2n) is 4.09. The van der Waals surface area contributed by atoms with Crippen LogP contribution >= 0.6 is 0 Å². The zero-order valence-electron chi connectivity index (χ0n) is 9.05. The summed E-state index contributed by atoms with van der Waals surface area (Å²) in [6, 6.07) is 6.02. The maximum atomic E-state index is 13.0. The van der Waals surface area contributed by atoms with Gasteiger partial charge in [0.15, 0.2) is 0 Å². The Labute approximate surface area is 92.3 Å². The number of benzene rings is 1. The molecule has 0 bridgehead atoms. The van der Waals surface area contributed by atoms with Crippen LogP contribution in [0, 0.1) is 5.82 Å². The van der Waals surface area contributed by atoms with E-state index >= 15 is 0 Å². The summed E-state index contributed by atoms with van der Waals surface area (Å²) in [7, 11) is 0. The van der Waals surface area contributed by atoms with Gasteiger partial charge in [0, 0.05) is 0 Å². The van der Waals surface area contributed by atoms with Crippen molar-refractivity contribution in [3.8, 4) is 5.69 Å². The van der Waals surface area contributed by atoms with Crippen molar-refractivity contribution in [2.45, 2.75) is 19.4 Å². The van der Waals surface area contributed by atoms with Crippen LogP contribution in [-0.4, -0.2) is 20.1 Å². The maximum Gasteiger partial charge on any atom is 0.125 e. The van der Waals surface area contributed by atoms with E-state index in [0.29, 0.717) is 11.4 Å². The van der Waals surface area contributed by atoms with Crippen molar-refractivity contribution in [3.63, 3.8) is 0 Å². The highest BCUT2D eigenvalue weighted by molar-refractivity contribution is 5.31. The third-order valence-electron chi connectivity index (χ3n) is 2.19. The second-order valence-corrected chi connectivity index (χ2v) is 4.09. The van der Waals surface area contributed by atoms with Gasteiger partial charge in [-0.1, -0.05) is 11.3 Å². The van der Waals surface area contributed by atoms with E-state index in [0.717, 1.165) is 0 Å². The largest absolute Gasteiger partial charge is 0.384 e. The molecular weight excluding hydrogens is 209 g/mol. The first-order valence-electron chi connectivity index (χ1n) is 4.88. The molecule has 0 saturated carbocycles. The Morgan fingerprint density at radius 1 is 1.38 bits per heavy atom. The van der Waals surface area contributed by atoms with Crippen molar-refractivity contribution < 1.29 is 9.50 Å². The van der Waals surface area contributed by atoms with Gasteiger partial charge in [-0.05, 0) is 32.0 Å². The molecule has 84 valence electrons. The third-order valence-corrected chi connectivity index (χ3v) is 2.19. The number of aromatic nitrogens is 3. The lowest BCUT2D eigenvalue weighted by molar-refractivity contribution is 0.0737. The Morgan fingerprint density at radius 2 is 2.12 bits per heavy atom. The van der Waals surface area contributed by atoms with E-state index < -0.39 is 5.60 Å². The molecule has 1 aromatic heterocycles. The summed E-state index contributed by atoms with van der Waals surface area (Å²) >= 11 is 0. The highest BCUT2D eigenvalue weighted by atomic mass is 19.1. The summed E-state index contributed by atoms with van der Waals surface area (Å²) in [5, 5.41) is 17.4. The molecule has 1 aromatic carbocycles. The fraction of sp³-hybridized carbons (Fsp3) is 0.273. The Kier molecular flexibility index (Phi) is 2.47. The van der Waals surface area contributed by atoms with Crippen LogP contribution in [0.3, 0.4) is 0 Å². The van der Waals surface area contributed by atoms with Gasteiger partial charge in [0.25, 0.3) is 0 Å². The second kappa shape index (κ2) is 3.68. The molecule has 1 N–H and O–H groups in total. The van der Waals surface area contributed by atoms with Gasteiger partial charge in [0.05, 0.1) is 11.9 Å². The van der Waals surface area contributed by atoms with Crippen molar-refractivity contribution in [2.75, 3.05) is 0 Å². The minimum atomic E-state index is -1.05. The minimum absolute atomic E-state index is 0.335. The van der Waals surface area contributed by atoms with Crippen LogP contribution in [0.25, 0.3) is 5.69 Å². The molecule has 0 atom stereocenters. The lowest BCUT2D eigenvalue weighted by Crippen LogP contribution is -2.15. The zero-order chi connectivity index (χ0) is 11.8. The predicted molar refractivity (Wildman–Crippen MR) is 56.6 cm³/mol. The van der Waals surface area contributed by atoms with E-state index in [1.165, 1.54) is 16.8 Å². The van der Waals surface area contributed by atoms with Gasteiger partial charge in [-0.25, -0.2) is 9.07 Å². The molecule has 0 saturated heterocycles. The average molecular weight is 221 g/mol. The normalized spacial score (nSPS) is 11.8. The molecule has 0 aliphatic rings. The number of rotatable bonds is 2. The fourth-order valence-electron chi connectivity index (χ4n) is 1.29. The molecule has 2 aromatic rings. The van der Waals surface area contributed by atoms with E-state index in [9.17, 15) is 9.50 Å². The van der Waals surface area contributed by atoms with Crippen LogP contribution in [0.5, 0.6) is 0 Å². The predicted octanol–water partition coefficient (Wildman–Crippen LogP) is 1.63. The molecule has 0 aliphatic heterocycles. The van der Waals surface area contributed by atoms with Gasteiger partial charge in [0.2, 0.25) is 0 Å². The molecule has 0 radical (unpaired) electrons. The Morgan fingerprint density at radius 3 is 2.69 bits per heavy atom. The van der Waals surface area contributed by atoms with Crippen molar-refractivity contribution in [1.29, 1.82) is 0 Å². The van der Waals surface area contributed by atoms with Crippen LogP contribution in [0.4, 0.5) is 4.39 Å². The van der Waals surface area contributed by atoms with Gasteiger partial charge in [0.1, 0.15) is 17.1 Å². The first-order chi connectivity index (χ1) is 7.47. The highest BCUT2D eigenvalue weighted by Gasteiger charge is 2.20. The van der Waals surface area contributed by atoms with Gasteiger partial charge < -0.3 is 5.11 Å². The molecule has 0 unspecified atom stereocenters. The SMILES string of the molecule is CC(C)(O)c1cn(-c2cccc(F)c2)nn1. The Balaban J connectivity index is 2.39. The Hall–Kier alpha value is -1.75. The third kappa shape index (κ3) is 2.09. The molecule has 0 spiro atoms. The zero-order valence-corrected chi connectivity index (χ0v) is 9.05. The molecule has 0 fully saturated rings. The number of halogens is 1. The van der Waals surface area contributed by atoms with Crippen molar-refractivity contribution in [2.24, 2.45) is 0 Å². The molecular formula is C11H12FN3O. The van der Waals surface area contributed by atoms with Crippen LogP contribution in [-0.2, 0) is 5.60 Å². The van der Waals surface area contributed by atoms with E-state index in [4.69, 9.17) is 0 Å². The van der Waals surface area contributed by atoms with Gasteiger partial charge in [-0.2, -0.15) is 0 Å².